The lowest BCUT2D eigenvalue weighted by Crippen LogP contribution is -2.29. The highest BCUT2D eigenvalue weighted by atomic mass is 15.1. The zero-order valence-electron chi connectivity index (χ0n) is 11.3. The zero-order chi connectivity index (χ0) is 12.1. The molecule has 0 aliphatic rings. The van der Waals surface area contributed by atoms with Gasteiger partial charge in [0.1, 0.15) is 0 Å². The average Bonchev–Trinajstić information content (AvgIpc) is 2.51. The van der Waals surface area contributed by atoms with Gasteiger partial charge < -0.3 is 14.8 Å². The van der Waals surface area contributed by atoms with Crippen LogP contribution in [0.4, 0.5) is 0 Å². The molecule has 0 fully saturated rings. The largest absolute Gasteiger partial charge is 0.352 e. The fourth-order valence-electron chi connectivity index (χ4n) is 1.91. The molecule has 0 atom stereocenters. The molecule has 92 valence electrons. The Morgan fingerprint density at radius 3 is 2.50 bits per heavy atom. The van der Waals surface area contributed by atoms with Gasteiger partial charge in [0.2, 0.25) is 0 Å². The second kappa shape index (κ2) is 6.06. The summed E-state index contributed by atoms with van der Waals surface area (Å²) >= 11 is 0. The molecule has 0 spiro atoms. The first-order chi connectivity index (χ1) is 7.56. The fourth-order valence-corrected chi connectivity index (χ4v) is 1.91. The number of hydrogen-bond acceptors (Lipinski definition) is 2. The minimum Gasteiger partial charge on any atom is -0.352 e. The van der Waals surface area contributed by atoms with Crippen LogP contribution in [0, 0.1) is 13.8 Å². The molecule has 0 saturated carbocycles. The number of aryl methyl sites for hydroxylation is 1. The summed E-state index contributed by atoms with van der Waals surface area (Å²) in [7, 11) is 6.32. The highest BCUT2D eigenvalue weighted by Gasteiger charge is 2.06. The van der Waals surface area contributed by atoms with Crippen molar-refractivity contribution in [3.05, 3.63) is 23.0 Å². The Balaban J connectivity index is 2.45. The van der Waals surface area contributed by atoms with E-state index in [2.05, 4.69) is 48.8 Å². The van der Waals surface area contributed by atoms with Gasteiger partial charge in [0.25, 0.3) is 0 Å². The van der Waals surface area contributed by atoms with E-state index in [4.69, 9.17) is 0 Å². The van der Waals surface area contributed by atoms with Crippen LogP contribution in [0.25, 0.3) is 0 Å². The Kier molecular flexibility index (Phi) is 5.03. The predicted octanol–water partition coefficient (Wildman–Crippen LogP) is 1.34. The average molecular weight is 223 g/mol. The SMILES string of the molecule is CNCCN(C)CCc1cc(C)n(C)c1C. The van der Waals surface area contributed by atoms with Crippen molar-refractivity contribution in [3.63, 3.8) is 0 Å². The Hall–Kier alpha value is -0.800. The van der Waals surface area contributed by atoms with Crippen molar-refractivity contribution < 1.29 is 0 Å². The molecule has 0 radical (unpaired) electrons. The maximum atomic E-state index is 3.18. The van der Waals surface area contributed by atoms with Gasteiger partial charge in [-0.3, -0.25) is 0 Å². The van der Waals surface area contributed by atoms with Gasteiger partial charge in [-0.1, -0.05) is 0 Å². The van der Waals surface area contributed by atoms with E-state index in [9.17, 15) is 0 Å². The Bertz CT molecular complexity index is 328. The molecule has 0 saturated heterocycles. The van der Waals surface area contributed by atoms with E-state index in [1.165, 1.54) is 17.0 Å². The quantitative estimate of drug-likeness (QED) is 0.785. The van der Waals surface area contributed by atoms with E-state index < -0.39 is 0 Å². The molecule has 0 aromatic carbocycles. The van der Waals surface area contributed by atoms with Gasteiger partial charge in [0.15, 0.2) is 0 Å². The standard InChI is InChI=1S/C13H25N3/c1-11-10-13(12(2)16(11)5)6-8-15(4)9-7-14-3/h10,14H,6-9H2,1-5H3. The third kappa shape index (κ3) is 3.35. The summed E-state index contributed by atoms with van der Waals surface area (Å²) in [5.74, 6) is 0. The van der Waals surface area contributed by atoms with Crippen LogP contribution >= 0.6 is 0 Å². The summed E-state index contributed by atoms with van der Waals surface area (Å²) in [4.78, 5) is 2.37. The van der Waals surface area contributed by atoms with Gasteiger partial charge in [-0.25, -0.2) is 0 Å². The number of aromatic nitrogens is 1. The first-order valence-corrected chi connectivity index (χ1v) is 6.01. The minimum absolute atomic E-state index is 1.06. The molecule has 1 rings (SSSR count). The number of nitrogens with zero attached hydrogens (tertiary/aromatic N) is 2. The van der Waals surface area contributed by atoms with Crippen molar-refractivity contribution in [3.8, 4) is 0 Å². The monoisotopic (exact) mass is 223 g/mol. The van der Waals surface area contributed by atoms with Crippen LogP contribution in [-0.2, 0) is 13.5 Å². The maximum absolute atomic E-state index is 3.18. The molecule has 3 nitrogen and oxygen atoms in total. The highest BCUT2D eigenvalue weighted by Crippen LogP contribution is 2.13. The van der Waals surface area contributed by atoms with Gasteiger partial charge >= 0.3 is 0 Å². The van der Waals surface area contributed by atoms with E-state index in [0.717, 1.165) is 26.1 Å². The molecular formula is C13H25N3. The molecule has 0 bridgehead atoms. The van der Waals surface area contributed by atoms with E-state index in [-0.39, 0.29) is 0 Å². The molecular weight excluding hydrogens is 198 g/mol. The van der Waals surface area contributed by atoms with Crippen LogP contribution in [-0.4, -0.2) is 43.2 Å². The summed E-state index contributed by atoms with van der Waals surface area (Å²) in [6.07, 6.45) is 1.15. The lowest BCUT2D eigenvalue weighted by molar-refractivity contribution is 0.339. The number of rotatable bonds is 6. The lowest BCUT2D eigenvalue weighted by atomic mass is 10.2. The Morgan fingerprint density at radius 1 is 1.31 bits per heavy atom. The molecule has 0 unspecified atom stereocenters. The molecule has 0 aliphatic heterocycles. The van der Waals surface area contributed by atoms with Crippen molar-refractivity contribution in [2.75, 3.05) is 33.7 Å². The molecule has 16 heavy (non-hydrogen) atoms. The summed E-state index contributed by atoms with van der Waals surface area (Å²) in [6, 6.07) is 2.31. The van der Waals surface area contributed by atoms with Gasteiger partial charge in [0.05, 0.1) is 0 Å². The summed E-state index contributed by atoms with van der Waals surface area (Å²) in [6.45, 7) is 7.67. The van der Waals surface area contributed by atoms with Crippen LogP contribution in [0.5, 0.6) is 0 Å². The molecule has 0 amide bonds. The molecule has 1 aromatic heterocycles. The topological polar surface area (TPSA) is 20.2 Å². The van der Waals surface area contributed by atoms with Crippen LogP contribution in [0.15, 0.2) is 6.07 Å². The van der Waals surface area contributed by atoms with Crippen molar-refractivity contribution >= 4 is 0 Å². The second-order valence-corrected chi connectivity index (χ2v) is 4.61. The third-order valence-corrected chi connectivity index (χ3v) is 3.39. The smallest absolute Gasteiger partial charge is 0.0175 e. The van der Waals surface area contributed by atoms with Gasteiger partial charge in [-0.05, 0) is 46.0 Å². The normalized spacial score (nSPS) is 11.4. The summed E-state index contributed by atoms with van der Waals surface area (Å²) < 4.78 is 2.27. The first kappa shape index (κ1) is 13.3. The highest BCUT2D eigenvalue weighted by molar-refractivity contribution is 5.26. The Morgan fingerprint density at radius 2 is 2.00 bits per heavy atom. The number of hydrogen-bond donors (Lipinski definition) is 1. The van der Waals surface area contributed by atoms with E-state index in [1.54, 1.807) is 0 Å². The number of likely N-dealkylation sites (N-methyl/N-ethyl adjacent to an activating group) is 2. The second-order valence-electron chi connectivity index (χ2n) is 4.61. The van der Waals surface area contributed by atoms with Crippen molar-refractivity contribution in [2.24, 2.45) is 7.05 Å². The van der Waals surface area contributed by atoms with E-state index in [1.807, 2.05) is 7.05 Å². The van der Waals surface area contributed by atoms with E-state index in [0.29, 0.717) is 0 Å². The van der Waals surface area contributed by atoms with Crippen LogP contribution < -0.4 is 5.32 Å². The lowest BCUT2D eigenvalue weighted by Gasteiger charge is -2.16. The minimum atomic E-state index is 1.06. The molecule has 3 heteroatoms. The summed E-state index contributed by atoms with van der Waals surface area (Å²) in [5.41, 5.74) is 4.24. The van der Waals surface area contributed by atoms with Crippen molar-refractivity contribution in [2.45, 2.75) is 20.3 Å². The summed E-state index contributed by atoms with van der Waals surface area (Å²) in [5, 5.41) is 3.18. The number of nitrogens with one attached hydrogen (secondary N) is 1. The van der Waals surface area contributed by atoms with E-state index >= 15 is 0 Å². The predicted molar refractivity (Wildman–Crippen MR) is 70.0 cm³/mol. The van der Waals surface area contributed by atoms with Crippen molar-refractivity contribution in [1.29, 1.82) is 0 Å². The van der Waals surface area contributed by atoms with Gasteiger partial charge in [-0.15, -0.1) is 0 Å². The van der Waals surface area contributed by atoms with Crippen molar-refractivity contribution in [1.82, 2.24) is 14.8 Å². The van der Waals surface area contributed by atoms with Crippen LogP contribution in [0.1, 0.15) is 17.0 Å². The van der Waals surface area contributed by atoms with Crippen LogP contribution in [0.2, 0.25) is 0 Å². The van der Waals surface area contributed by atoms with Gasteiger partial charge in [-0.2, -0.15) is 0 Å². The zero-order valence-corrected chi connectivity index (χ0v) is 11.3. The molecule has 0 aliphatic carbocycles. The van der Waals surface area contributed by atoms with Crippen LogP contribution in [0.3, 0.4) is 0 Å². The fraction of sp³-hybridized carbons (Fsp3) is 0.692. The first-order valence-electron chi connectivity index (χ1n) is 6.01. The molecule has 1 aromatic rings. The Labute approximate surface area is 99.4 Å². The maximum Gasteiger partial charge on any atom is 0.0175 e. The molecule has 1 N–H and O–H groups in total. The molecule has 1 heterocycles. The third-order valence-electron chi connectivity index (χ3n) is 3.39. The van der Waals surface area contributed by atoms with Gasteiger partial charge in [0, 0.05) is 38.1 Å².